The third-order valence-electron chi connectivity index (χ3n) is 4.81. The van der Waals surface area contributed by atoms with Gasteiger partial charge < -0.3 is 10.6 Å². The van der Waals surface area contributed by atoms with E-state index in [9.17, 15) is 4.79 Å². The van der Waals surface area contributed by atoms with Crippen molar-refractivity contribution >= 4 is 18.3 Å². The molecule has 1 saturated heterocycles. The van der Waals surface area contributed by atoms with Gasteiger partial charge in [0.2, 0.25) is 5.91 Å². The molecule has 2 aliphatic rings. The van der Waals surface area contributed by atoms with Gasteiger partial charge in [-0.2, -0.15) is 0 Å². The fourth-order valence-corrected chi connectivity index (χ4v) is 2.89. The topological polar surface area (TPSA) is 41.1 Å². The van der Waals surface area contributed by atoms with Gasteiger partial charge in [0, 0.05) is 18.0 Å². The van der Waals surface area contributed by atoms with Gasteiger partial charge in [0.25, 0.3) is 0 Å². The molecule has 18 heavy (non-hydrogen) atoms. The van der Waals surface area contributed by atoms with E-state index in [4.69, 9.17) is 0 Å². The molecule has 3 nitrogen and oxygen atoms in total. The van der Waals surface area contributed by atoms with Crippen LogP contribution in [0.2, 0.25) is 0 Å². The molecule has 0 radical (unpaired) electrons. The molecule has 2 fully saturated rings. The van der Waals surface area contributed by atoms with E-state index in [1.54, 1.807) is 0 Å². The first-order valence-corrected chi connectivity index (χ1v) is 7.02. The van der Waals surface area contributed by atoms with Crippen LogP contribution in [0.15, 0.2) is 0 Å². The normalized spacial score (nSPS) is 28.1. The molecule has 2 N–H and O–H groups in total. The van der Waals surface area contributed by atoms with Crippen molar-refractivity contribution in [3.05, 3.63) is 0 Å². The smallest absolute Gasteiger partial charge is 0.226 e. The van der Waals surface area contributed by atoms with Gasteiger partial charge in [-0.15, -0.1) is 12.4 Å². The Morgan fingerprint density at radius 2 is 2.00 bits per heavy atom. The van der Waals surface area contributed by atoms with Gasteiger partial charge in [0.1, 0.15) is 0 Å². The fourth-order valence-electron chi connectivity index (χ4n) is 2.89. The summed E-state index contributed by atoms with van der Waals surface area (Å²) in [6, 6.07) is 0.424. The van der Waals surface area contributed by atoms with Gasteiger partial charge in [-0.1, -0.05) is 20.8 Å². The van der Waals surface area contributed by atoms with E-state index in [1.807, 2.05) is 0 Å². The van der Waals surface area contributed by atoms with Crippen LogP contribution in [0.5, 0.6) is 0 Å². The summed E-state index contributed by atoms with van der Waals surface area (Å²) in [5.41, 5.74) is 0.299. The highest BCUT2D eigenvalue weighted by molar-refractivity contribution is 5.85. The standard InChI is InChI=1S/C14H26N2O.ClH/c1-4-14(7-8-14)12(17)16-10-11-13(2,3)6-5-9-15-11;/h11,15H,4-10H2,1-3H3,(H,16,17);1H. The Balaban J connectivity index is 0.00000162. The number of hydrogen-bond donors (Lipinski definition) is 2. The third kappa shape index (κ3) is 3.18. The van der Waals surface area contributed by atoms with E-state index in [0.717, 1.165) is 32.4 Å². The summed E-state index contributed by atoms with van der Waals surface area (Å²) in [7, 11) is 0. The Morgan fingerprint density at radius 3 is 2.50 bits per heavy atom. The Kier molecular flexibility index (Phi) is 5.07. The third-order valence-corrected chi connectivity index (χ3v) is 4.81. The van der Waals surface area contributed by atoms with Crippen LogP contribution < -0.4 is 10.6 Å². The van der Waals surface area contributed by atoms with Crippen LogP contribution in [0, 0.1) is 10.8 Å². The van der Waals surface area contributed by atoms with Gasteiger partial charge in [-0.3, -0.25) is 4.79 Å². The molecule has 0 spiro atoms. The molecule has 0 aromatic rings. The zero-order valence-electron chi connectivity index (χ0n) is 11.8. The molecular formula is C14H27ClN2O. The van der Waals surface area contributed by atoms with E-state index >= 15 is 0 Å². The average Bonchev–Trinajstić information content (AvgIpc) is 3.07. The SMILES string of the molecule is CCC1(C(=O)NCC2NCCCC2(C)C)CC1.Cl. The number of halogens is 1. The molecule has 1 amide bonds. The number of hydrogen-bond acceptors (Lipinski definition) is 2. The average molecular weight is 275 g/mol. The number of carbonyl (C=O) groups excluding carboxylic acids is 1. The maximum absolute atomic E-state index is 12.1. The van der Waals surface area contributed by atoms with E-state index in [0.29, 0.717) is 11.5 Å². The molecule has 1 atom stereocenters. The molecule has 1 heterocycles. The van der Waals surface area contributed by atoms with E-state index in [1.165, 1.54) is 12.8 Å². The Hall–Kier alpha value is -0.280. The maximum Gasteiger partial charge on any atom is 0.226 e. The Bertz CT molecular complexity index is 300. The van der Waals surface area contributed by atoms with Crippen LogP contribution in [0.4, 0.5) is 0 Å². The molecule has 0 aromatic carbocycles. The summed E-state index contributed by atoms with van der Waals surface area (Å²) in [5.74, 6) is 0.281. The van der Waals surface area contributed by atoms with Gasteiger partial charge in [0.05, 0.1) is 0 Å². The lowest BCUT2D eigenvalue weighted by molar-refractivity contribution is -0.126. The van der Waals surface area contributed by atoms with Crippen molar-refractivity contribution in [1.82, 2.24) is 10.6 Å². The second kappa shape index (κ2) is 5.79. The number of rotatable bonds is 4. The minimum Gasteiger partial charge on any atom is -0.354 e. The molecule has 1 aliphatic heterocycles. The summed E-state index contributed by atoms with van der Waals surface area (Å²) in [5, 5.41) is 6.70. The summed E-state index contributed by atoms with van der Waals surface area (Å²) >= 11 is 0. The van der Waals surface area contributed by atoms with Gasteiger partial charge >= 0.3 is 0 Å². The molecule has 1 aliphatic carbocycles. The van der Waals surface area contributed by atoms with Crippen LogP contribution in [0.25, 0.3) is 0 Å². The maximum atomic E-state index is 12.1. The summed E-state index contributed by atoms with van der Waals surface area (Å²) in [6.45, 7) is 8.58. The van der Waals surface area contributed by atoms with E-state index < -0.39 is 0 Å². The van der Waals surface area contributed by atoms with Crippen LogP contribution in [0.1, 0.15) is 52.9 Å². The molecule has 0 aromatic heterocycles. The summed E-state index contributed by atoms with van der Waals surface area (Å²) in [4.78, 5) is 12.1. The predicted octanol–water partition coefficient (Wildman–Crippen LogP) is 2.49. The lowest BCUT2D eigenvalue weighted by Gasteiger charge is -2.39. The molecule has 0 bridgehead atoms. The first-order valence-electron chi connectivity index (χ1n) is 7.02. The first kappa shape index (κ1) is 15.8. The monoisotopic (exact) mass is 274 g/mol. The zero-order chi connectivity index (χ0) is 12.5. The highest BCUT2D eigenvalue weighted by Crippen LogP contribution is 2.48. The first-order chi connectivity index (χ1) is 8.00. The number of carbonyl (C=O) groups is 1. The van der Waals surface area contributed by atoms with Crippen molar-refractivity contribution in [3.63, 3.8) is 0 Å². The van der Waals surface area contributed by atoms with Crippen LogP contribution in [-0.2, 0) is 4.79 Å². The Labute approximate surface area is 117 Å². The number of amides is 1. The highest BCUT2D eigenvalue weighted by Gasteiger charge is 2.48. The second-order valence-corrected chi connectivity index (χ2v) is 6.44. The van der Waals surface area contributed by atoms with Crippen LogP contribution in [-0.4, -0.2) is 25.0 Å². The number of nitrogens with one attached hydrogen (secondary N) is 2. The van der Waals surface area contributed by atoms with E-state index in [2.05, 4.69) is 31.4 Å². The van der Waals surface area contributed by atoms with Crippen LogP contribution in [0.3, 0.4) is 0 Å². The lowest BCUT2D eigenvalue weighted by Crippen LogP contribution is -2.53. The van der Waals surface area contributed by atoms with Gasteiger partial charge in [-0.05, 0) is 44.1 Å². The van der Waals surface area contributed by atoms with Crippen molar-refractivity contribution in [2.45, 2.75) is 58.9 Å². The molecule has 106 valence electrons. The quantitative estimate of drug-likeness (QED) is 0.827. The molecule has 1 saturated carbocycles. The van der Waals surface area contributed by atoms with Crippen LogP contribution >= 0.6 is 12.4 Å². The molecular weight excluding hydrogens is 248 g/mol. The highest BCUT2D eigenvalue weighted by atomic mass is 35.5. The van der Waals surface area contributed by atoms with Gasteiger partial charge in [-0.25, -0.2) is 0 Å². The van der Waals surface area contributed by atoms with Crippen molar-refractivity contribution in [3.8, 4) is 0 Å². The fraction of sp³-hybridized carbons (Fsp3) is 0.929. The molecule has 2 rings (SSSR count). The van der Waals surface area contributed by atoms with Crippen molar-refractivity contribution < 1.29 is 4.79 Å². The van der Waals surface area contributed by atoms with Gasteiger partial charge in [0.15, 0.2) is 0 Å². The summed E-state index contributed by atoms with van der Waals surface area (Å²) < 4.78 is 0. The molecule has 4 heteroatoms. The lowest BCUT2D eigenvalue weighted by atomic mass is 9.77. The minimum atomic E-state index is -0.00118. The van der Waals surface area contributed by atoms with Crippen molar-refractivity contribution in [2.75, 3.05) is 13.1 Å². The Morgan fingerprint density at radius 1 is 1.33 bits per heavy atom. The second-order valence-electron chi connectivity index (χ2n) is 6.44. The largest absolute Gasteiger partial charge is 0.354 e. The summed E-state index contributed by atoms with van der Waals surface area (Å²) in [6.07, 6.45) is 5.64. The number of piperidine rings is 1. The predicted molar refractivity (Wildman–Crippen MR) is 77.0 cm³/mol. The zero-order valence-corrected chi connectivity index (χ0v) is 12.7. The van der Waals surface area contributed by atoms with Crippen molar-refractivity contribution in [1.29, 1.82) is 0 Å². The van der Waals surface area contributed by atoms with E-state index in [-0.39, 0.29) is 23.7 Å². The minimum absolute atomic E-state index is 0. The molecule has 1 unspecified atom stereocenters. The van der Waals surface area contributed by atoms with Crippen molar-refractivity contribution in [2.24, 2.45) is 10.8 Å².